The van der Waals surface area contributed by atoms with E-state index in [1.807, 2.05) is 0 Å². The van der Waals surface area contributed by atoms with Gasteiger partial charge < -0.3 is 19.1 Å². The van der Waals surface area contributed by atoms with Crippen LogP contribution in [0.3, 0.4) is 0 Å². The molecule has 1 amide bonds. The van der Waals surface area contributed by atoms with E-state index in [0.29, 0.717) is 43.0 Å². The van der Waals surface area contributed by atoms with E-state index in [-0.39, 0.29) is 24.5 Å². The third kappa shape index (κ3) is 6.02. The number of carbonyl (C=O) groups excluding carboxylic acids is 1. The summed E-state index contributed by atoms with van der Waals surface area (Å²) in [4.78, 5) is 14.4. The lowest BCUT2D eigenvalue weighted by Gasteiger charge is -2.32. The molecule has 156 valence electrons. The highest BCUT2D eigenvalue weighted by Crippen LogP contribution is 2.28. The molecule has 1 aliphatic rings. The van der Waals surface area contributed by atoms with Gasteiger partial charge in [0.15, 0.2) is 0 Å². The summed E-state index contributed by atoms with van der Waals surface area (Å²) in [6.45, 7) is 0.976. The second-order valence-electron chi connectivity index (χ2n) is 6.47. The Bertz CT molecular complexity index is 836. The molecule has 6 nitrogen and oxygen atoms in total. The fourth-order valence-electron chi connectivity index (χ4n) is 3.11. The van der Waals surface area contributed by atoms with Gasteiger partial charge >= 0.3 is 6.36 Å². The van der Waals surface area contributed by atoms with Crippen molar-refractivity contribution in [2.75, 3.05) is 19.8 Å². The third-order valence-corrected chi connectivity index (χ3v) is 4.40. The highest BCUT2D eigenvalue weighted by molar-refractivity contribution is 5.94. The van der Waals surface area contributed by atoms with E-state index in [4.69, 9.17) is 15.2 Å². The van der Waals surface area contributed by atoms with E-state index >= 15 is 0 Å². The highest BCUT2D eigenvalue weighted by Gasteiger charge is 2.31. The zero-order chi connectivity index (χ0) is 20.9. The monoisotopic (exact) mass is 410 g/mol. The highest BCUT2D eigenvalue weighted by atomic mass is 19.4. The van der Waals surface area contributed by atoms with Crippen LogP contribution in [-0.4, -0.2) is 43.1 Å². The molecular formula is C20H21F3N2O4. The molecule has 9 heteroatoms. The predicted octanol–water partition coefficient (Wildman–Crippen LogP) is 3.56. The van der Waals surface area contributed by atoms with Crippen LogP contribution in [0.25, 0.3) is 0 Å². The average molecular weight is 410 g/mol. The number of piperidine rings is 1. The topological polar surface area (TPSA) is 74.0 Å². The number of amides is 1. The zero-order valence-corrected chi connectivity index (χ0v) is 15.5. The second kappa shape index (κ2) is 9.04. The summed E-state index contributed by atoms with van der Waals surface area (Å²) in [5, 5.41) is 0. The molecule has 0 spiro atoms. The number of hydrogen-bond acceptors (Lipinski definition) is 5. The van der Waals surface area contributed by atoms with Crippen LogP contribution in [0.2, 0.25) is 0 Å². The van der Waals surface area contributed by atoms with Gasteiger partial charge in [0.2, 0.25) is 0 Å². The maximum atomic E-state index is 12.7. The molecule has 2 N–H and O–H groups in total. The number of benzene rings is 2. The molecule has 1 aliphatic heterocycles. The third-order valence-electron chi connectivity index (χ3n) is 4.40. The molecule has 0 unspecified atom stereocenters. The van der Waals surface area contributed by atoms with E-state index in [1.54, 1.807) is 35.2 Å². The molecule has 0 aliphatic carbocycles. The molecule has 2 aromatic rings. The fraction of sp³-hybridized carbons (Fsp3) is 0.350. The van der Waals surface area contributed by atoms with Crippen molar-refractivity contribution in [3.05, 3.63) is 54.1 Å². The normalized spacial score (nSPS) is 15.1. The van der Waals surface area contributed by atoms with Gasteiger partial charge in [0.25, 0.3) is 5.91 Å². The summed E-state index contributed by atoms with van der Waals surface area (Å²) in [5.41, 5.74) is 5.86. The first kappa shape index (κ1) is 20.8. The fourth-order valence-corrected chi connectivity index (χ4v) is 3.11. The summed E-state index contributed by atoms with van der Waals surface area (Å²) in [6, 6.07) is 12.2. The molecule has 0 bridgehead atoms. The maximum Gasteiger partial charge on any atom is 0.573 e. The summed E-state index contributed by atoms with van der Waals surface area (Å²) >= 11 is 0. The van der Waals surface area contributed by atoms with E-state index in [2.05, 4.69) is 4.74 Å². The molecule has 1 heterocycles. The molecule has 1 saturated heterocycles. The molecule has 3 rings (SSSR count). The minimum Gasteiger partial charge on any atom is -0.490 e. The molecule has 0 radical (unpaired) electrons. The minimum absolute atomic E-state index is 0.0234. The lowest BCUT2D eigenvalue weighted by molar-refractivity contribution is -0.274. The number of halogens is 3. The van der Waals surface area contributed by atoms with Crippen molar-refractivity contribution in [2.24, 2.45) is 5.73 Å². The quantitative estimate of drug-likeness (QED) is 0.737. The number of likely N-dealkylation sites (tertiary alicyclic amines) is 1. The molecule has 1 fully saturated rings. The van der Waals surface area contributed by atoms with E-state index in [1.165, 1.54) is 18.2 Å². The van der Waals surface area contributed by atoms with Gasteiger partial charge in [-0.15, -0.1) is 13.2 Å². The number of nitrogens with two attached hydrogens (primary N) is 1. The summed E-state index contributed by atoms with van der Waals surface area (Å²) in [6.07, 6.45) is -3.83. The number of rotatable bonds is 6. The van der Waals surface area contributed by atoms with Crippen LogP contribution in [0.1, 0.15) is 23.2 Å². The molecule has 0 aromatic heterocycles. The van der Waals surface area contributed by atoms with Gasteiger partial charge in [-0.25, -0.2) is 0 Å². The molecule has 0 saturated carbocycles. The van der Waals surface area contributed by atoms with Crippen molar-refractivity contribution in [1.29, 1.82) is 0 Å². The first-order valence-electron chi connectivity index (χ1n) is 9.09. The molecular weight excluding hydrogens is 389 g/mol. The number of nitrogens with zero attached hydrogens (tertiary/aromatic N) is 1. The Hall–Kier alpha value is -2.94. The second-order valence-corrected chi connectivity index (χ2v) is 6.47. The van der Waals surface area contributed by atoms with Crippen molar-refractivity contribution in [3.8, 4) is 17.2 Å². The van der Waals surface area contributed by atoms with Crippen LogP contribution in [0.15, 0.2) is 48.5 Å². The van der Waals surface area contributed by atoms with Crippen molar-refractivity contribution in [1.82, 2.24) is 4.90 Å². The smallest absolute Gasteiger partial charge is 0.490 e. The van der Waals surface area contributed by atoms with Gasteiger partial charge in [-0.1, -0.05) is 12.1 Å². The predicted molar refractivity (Wildman–Crippen MR) is 98.8 cm³/mol. The first-order chi connectivity index (χ1) is 13.8. The molecule has 29 heavy (non-hydrogen) atoms. The van der Waals surface area contributed by atoms with Crippen LogP contribution in [0, 0.1) is 0 Å². The van der Waals surface area contributed by atoms with E-state index in [9.17, 15) is 18.0 Å². The molecule has 2 aromatic carbocycles. The number of hydrogen-bond donors (Lipinski definition) is 1. The average Bonchev–Trinajstić information content (AvgIpc) is 2.67. The van der Waals surface area contributed by atoms with Gasteiger partial charge in [0, 0.05) is 37.6 Å². The SMILES string of the molecule is NCOc1cccc(C(=O)N2CCC(Oc3cccc(OC(F)(F)F)c3)CC2)c1. The van der Waals surface area contributed by atoms with Gasteiger partial charge in [0.05, 0.1) is 0 Å². The van der Waals surface area contributed by atoms with Crippen LogP contribution in [-0.2, 0) is 0 Å². The summed E-state index contributed by atoms with van der Waals surface area (Å²) in [5.74, 6) is 0.370. The minimum atomic E-state index is -4.75. The van der Waals surface area contributed by atoms with Gasteiger partial charge in [0.1, 0.15) is 30.1 Å². The number of ether oxygens (including phenoxy) is 3. The molecule has 0 atom stereocenters. The van der Waals surface area contributed by atoms with E-state index < -0.39 is 6.36 Å². The van der Waals surface area contributed by atoms with Crippen LogP contribution >= 0.6 is 0 Å². The number of carbonyl (C=O) groups is 1. The van der Waals surface area contributed by atoms with Crippen molar-refractivity contribution in [2.45, 2.75) is 25.3 Å². The van der Waals surface area contributed by atoms with Crippen molar-refractivity contribution >= 4 is 5.91 Å². The first-order valence-corrected chi connectivity index (χ1v) is 9.09. The number of alkyl halides is 3. The Morgan fingerprint density at radius 1 is 1.03 bits per heavy atom. The van der Waals surface area contributed by atoms with Crippen LogP contribution < -0.4 is 19.9 Å². The van der Waals surface area contributed by atoms with Crippen LogP contribution in [0.4, 0.5) is 13.2 Å². The Labute approximate surface area is 166 Å². The Morgan fingerprint density at radius 2 is 1.69 bits per heavy atom. The zero-order valence-electron chi connectivity index (χ0n) is 15.5. The van der Waals surface area contributed by atoms with Crippen molar-refractivity contribution in [3.63, 3.8) is 0 Å². The lowest BCUT2D eigenvalue weighted by Crippen LogP contribution is -2.41. The standard InChI is InChI=1S/C20H21F3N2O4/c21-20(22,23)29-18-6-2-5-17(12-18)28-15-7-9-25(10-8-15)19(26)14-3-1-4-16(11-14)27-13-24/h1-6,11-12,15H,7-10,13,24H2. The van der Waals surface area contributed by atoms with Crippen molar-refractivity contribution < 1.29 is 32.2 Å². The largest absolute Gasteiger partial charge is 0.573 e. The Morgan fingerprint density at radius 3 is 2.38 bits per heavy atom. The van der Waals surface area contributed by atoms with Gasteiger partial charge in [-0.05, 0) is 30.3 Å². The summed E-state index contributed by atoms with van der Waals surface area (Å²) in [7, 11) is 0. The Balaban J connectivity index is 1.55. The van der Waals surface area contributed by atoms with Crippen LogP contribution in [0.5, 0.6) is 17.2 Å². The Kier molecular flexibility index (Phi) is 6.48. The summed E-state index contributed by atoms with van der Waals surface area (Å²) < 4.78 is 51.9. The van der Waals surface area contributed by atoms with Gasteiger partial charge in [-0.2, -0.15) is 0 Å². The lowest BCUT2D eigenvalue weighted by atomic mass is 10.1. The maximum absolute atomic E-state index is 12.7. The van der Waals surface area contributed by atoms with Gasteiger partial charge in [-0.3, -0.25) is 10.5 Å². The van der Waals surface area contributed by atoms with E-state index in [0.717, 1.165) is 0 Å².